The molecule has 114 valence electrons. The van der Waals surface area contributed by atoms with Gasteiger partial charge in [0.1, 0.15) is 6.04 Å². The number of hydrogen-bond acceptors (Lipinski definition) is 3. The van der Waals surface area contributed by atoms with E-state index in [9.17, 15) is 13.8 Å². The highest BCUT2D eigenvalue weighted by Crippen LogP contribution is 2.20. The van der Waals surface area contributed by atoms with Crippen LogP contribution in [0.2, 0.25) is 0 Å². The van der Waals surface area contributed by atoms with Gasteiger partial charge >= 0.3 is 0 Å². The molecule has 2 saturated heterocycles. The van der Waals surface area contributed by atoms with Crippen molar-refractivity contribution in [3.8, 4) is 0 Å². The molecular weight excluding hydrogens is 276 g/mol. The van der Waals surface area contributed by atoms with Crippen molar-refractivity contribution in [2.75, 3.05) is 18.1 Å². The van der Waals surface area contributed by atoms with Crippen molar-refractivity contribution in [2.24, 2.45) is 5.92 Å². The van der Waals surface area contributed by atoms with E-state index >= 15 is 0 Å². The summed E-state index contributed by atoms with van der Waals surface area (Å²) in [7, 11) is -0.726. The van der Waals surface area contributed by atoms with Crippen molar-refractivity contribution in [2.45, 2.75) is 51.6 Å². The van der Waals surface area contributed by atoms with E-state index in [-0.39, 0.29) is 17.9 Å². The quantitative estimate of drug-likeness (QED) is 0.832. The van der Waals surface area contributed by atoms with E-state index in [1.165, 1.54) is 0 Å². The van der Waals surface area contributed by atoms with Crippen LogP contribution in [0.3, 0.4) is 0 Å². The van der Waals surface area contributed by atoms with Gasteiger partial charge in [0.05, 0.1) is 0 Å². The summed E-state index contributed by atoms with van der Waals surface area (Å²) in [6.07, 6.45) is 2.64. The second-order valence-corrected chi connectivity index (χ2v) is 7.81. The Morgan fingerprint density at radius 2 is 1.95 bits per heavy atom. The molecule has 0 spiro atoms. The Hall–Kier alpha value is -0.910. The first-order chi connectivity index (χ1) is 9.47. The van der Waals surface area contributed by atoms with Crippen molar-refractivity contribution < 1.29 is 13.8 Å². The average Bonchev–Trinajstić information content (AvgIpc) is 2.51. The molecule has 0 aromatic rings. The molecule has 1 N–H and O–H groups in total. The lowest BCUT2D eigenvalue weighted by molar-refractivity contribution is -0.136. The van der Waals surface area contributed by atoms with E-state index < -0.39 is 16.8 Å². The number of hydrogen-bond donors (Lipinski definition) is 1. The van der Waals surface area contributed by atoms with Crippen LogP contribution >= 0.6 is 0 Å². The predicted molar refractivity (Wildman–Crippen MR) is 78.6 cm³/mol. The number of carbonyl (C=O) groups is 2. The van der Waals surface area contributed by atoms with Crippen LogP contribution in [0.25, 0.3) is 0 Å². The van der Waals surface area contributed by atoms with Gasteiger partial charge in [0.15, 0.2) is 0 Å². The zero-order valence-corrected chi connectivity index (χ0v) is 13.1. The normalized spacial score (nSPS) is 32.1. The minimum atomic E-state index is -0.726. The van der Waals surface area contributed by atoms with Crippen LogP contribution in [0, 0.1) is 5.92 Å². The molecule has 2 amide bonds. The first-order valence-electron chi connectivity index (χ1n) is 7.42. The Labute approximate surface area is 122 Å². The van der Waals surface area contributed by atoms with Gasteiger partial charge < -0.3 is 10.2 Å². The molecule has 0 aromatic carbocycles. The van der Waals surface area contributed by atoms with Gasteiger partial charge in [-0.05, 0) is 25.2 Å². The number of rotatable bonds is 3. The zero-order chi connectivity index (χ0) is 14.7. The van der Waals surface area contributed by atoms with Crippen LogP contribution in [-0.2, 0) is 20.4 Å². The van der Waals surface area contributed by atoms with E-state index in [2.05, 4.69) is 19.2 Å². The van der Waals surface area contributed by atoms with Crippen molar-refractivity contribution in [1.82, 2.24) is 10.2 Å². The second-order valence-electron chi connectivity index (χ2n) is 6.11. The van der Waals surface area contributed by atoms with Gasteiger partial charge in [-0.15, -0.1) is 0 Å². The fraction of sp³-hybridized carbons (Fsp3) is 0.857. The van der Waals surface area contributed by atoms with Crippen molar-refractivity contribution in [3.63, 3.8) is 0 Å². The molecule has 0 saturated carbocycles. The van der Waals surface area contributed by atoms with Gasteiger partial charge in [0.25, 0.3) is 0 Å². The molecule has 0 aliphatic carbocycles. The van der Waals surface area contributed by atoms with Gasteiger partial charge in [-0.2, -0.15) is 0 Å². The van der Waals surface area contributed by atoms with Gasteiger partial charge in [-0.1, -0.05) is 13.8 Å². The van der Waals surface area contributed by atoms with Crippen LogP contribution in [0.1, 0.15) is 39.5 Å². The summed E-state index contributed by atoms with van der Waals surface area (Å²) in [4.78, 5) is 26.3. The third-order valence-electron chi connectivity index (χ3n) is 4.00. The lowest BCUT2D eigenvalue weighted by Gasteiger charge is -2.34. The maximum atomic E-state index is 12.6. The highest BCUT2D eigenvalue weighted by atomic mass is 32.2. The van der Waals surface area contributed by atoms with Gasteiger partial charge in [0, 0.05) is 41.3 Å². The Morgan fingerprint density at radius 1 is 1.30 bits per heavy atom. The molecule has 2 rings (SSSR count). The Balaban J connectivity index is 2.08. The summed E-state index contributed by atoms with van der Waals surface area (Å²) in [5, 5.41) is 2.85. The lowest BCUT2D eigenvalue weighted by Crippen LogP contribution is -2.50. The van der Waals surface area contributed by atoms with Crippen LogP contribution in [0.15, 0.2) is 0 Å². The third-order valence-corrected chi connectivity index (χ3v) is 5.38. The van der Waals surface area contributed by atoms with Crippen molar-refractivity contribution in [1.29, 1.82) is 0 Å². The summed E-state index contributed by atoms with van der Waals surface area (Å²) in [5.74, 6) is 1.71. The van der Waals surface area contributed by atoms with Gasteiger partial charge in [-0.25, -0.2) is 0 Å². The highest BCUT2D eigenvalue weighted by Gasteiger charge is 2.35. The number of nitrogens with zero attached hydrogens (tertiary/aromatic N) is 1. The largest absolute Gasteiger partial charge is 0.344 e. The maximum Gasteiger partial charge on any atom is 0.245 e. The summed E-state index contributed by atoms with van der Waals surface area (Å²) in [5.41, 5.74) is 0. The molecule has 0 bridgehead atoms. The van der Waals surface area contributed by atoms with Gasteiger partial charge in [-0.3, -0.25) is 13.8 Å². The third kappa shape index (κ3) is 3.81. The highest BCUT2D eigenvalue weighted by molar-refractivity contribution is 7.85. The zero-order valence-electron chi connectivity index (χ0n) is 12.3. The van der Waals surface area contributed by atoms with Crippen molar-refractivity contribution >= 4 is 22.6 Å². The molecule has 1 atom stereocenters. The molecular formula is C14H24N2O3S. The SMILES string of the molecule is CC(C)CC1NC(=O)CCN(C2CCS(=O)CC2)C1=O. The van der Waals surface area contributed by atoms with Crippen LogP contribution < -0.4 is 5.32 Å². The molecule has 0 aromatic heterocycles. The predicted octanol–water partition coefficient (Wildman–Crippen LogP) is 0.661. The Bertz CT molecular complexity index is 401. The average molecular weight is 300 g/mol. The smallest absolute Gasteiger partial charge is 0.245 e. The summed E-state index contributed by atoms with van der Waals surface area (Å²) >= 11 is 0. The second kappa shape index (κ2) is 6.70. The molecule has 1 unspecified atom stereocenters. The van der Waals surface area contributed by atoms with Crippen molar-refractivity contribution in [3.05, 3.63) is 0 Å². The van der Waals surface area contributed by atoms with E-state index in [0.717, 1.165) is 12.8 Å². The molecule has 5 nitrogen and oxygen atoms in total. The first kappa shape index (κ1) is 15.5. The van der Waals surface area contributed by atoms with E-state index in [1.807, 2.05) is 4.90 Å². The first-order valence-corrected chi connectivity index (χ1v) is 8.91. The van der Waals surface area contributed by atoms with Gasteiger partial charge in [0.2, 0.25) is 11.8 Å². The Kier molecular flexibility index (Phi) is 5.18. The number of carbonyl (C=O) groups excluding carboxylic acids is 2. The summed E-state index contributed by atoms with van der Waals surface area (Å²) in [6.45, 7) is 4.60. The molecule has 2 aliphatic heterocycles. The van der Waals surface area contributed by atoms with E-state index in [0.29, 0.717) is 36.8 Å². The molecule has 20 heavy (non-hydrogen) atoms. The topological polar surface area (TPSA) is 66.5 Å². The van der Waals surface area contributed by atoms with E-state index in [1.54, 1.807) is 0 Å². The molecule has 2 fully saturated rings. The molecule has 0 radical (unpaired) electrons. The number of amides is 2. The van der Waals surface area contributed by atoms with Crippen LogP contribution in [0.4, 0.5) is 0 Å². The maximum absolute atomic E-state index is 12.6. The minimum Gasteiger partial charge on any atom is -0.344 e. The minimum absolute atomic E-state index is 0.0362. The standard InChI is InChI=1S/C14H24N2O3S/c1-10(2)9-12-14(18)16(6-3-13(17)15-12)11-4-7-20(19)8-5-11/h10-12H,3-9H2,1-2H3,(H,15,17). The summed E-state index contributed by atoms with van der Waals surface area (Å²) in [6, 6.07) is -0.236. The van der Waals surface area contributed by atoms with E-state index in [4.69, 9.17) is 0 Å². The van der Waals surface area contributed by atoms with Crippen LogP contribution in [0.5, 0.6) is 0 Å². The summed E-state index contributed by atoms with van der Waals surface area (Å²) < 4.78 is 11.4. The fourth-order valence-electron chi connectivity index (χ4n) is 2.95. The molecule has 2 heterocycles. The Morgan fingerprint density at radius 3 is 2.55 bits per heavy atom. The van der Waals surface area contributed by atoms with Crippen LogP contribution in [-0.4, -0.2) is 51.1 Å². The monoisotopic (exact) mass is 300 g/mol. The number of nitrogens with one attached hydrogen (secondary N) is 1. The molecule has 6 heteroatoms. The fourth-order valence-corrected chi connectivity index (χ4v) is 4.22. The molecule has 2 aliphatic rings. The lowest BCUT2D eigenvalue weighted by atomic mass is 10.0.